The molecule has 1 saturated carbocycles. The second-order valence-electron chi connectivity index (χ2n) is 10.8. The highest BCUT2D eigenvalue weighted by Gasteiger charge is 2.34. The van der Waals surface area contributed by atoms with Gasteiger partial charge in [-0.3, -0.25) is 14.9 Å². The monoisotopic (exact) mass is 552 g/mol. The predicted octanol–water partition coefficient (Wildman–Crippen LogP) is 5.57. The van der Waals surface area contributed by atoms with Crippen LogP contribution in [0.3, 0.4) is 0 Å². The number of piperidine rings is 1. The molecule has 1 unspecified atom stereocenters. The van der Waals surface area contributed by atoms with Crippen LogP contribution in [0.25, 0.3) is 5.76 Å². The summed E-state index contributed by atoms with van der Waals surface area (Å²) in [5.41, 5.74) is 8.11. The van der Waals surface area contributed by atoms with Crippen molar-refractivity contribution in [2.24, 2.45) is 16.6 Å². The third-order valence-electron chi connectivity index (χ3n) is 7.52. The zero-order valence-corrected chi connectivity index (χ0v) is 23.4. The van der Waals surface area contributed by atoms with Crippen LogP contribution in [-0.4, -0.2) is 37.0 Å². The molecule has 0 spiro atoms. The summed E-state index contributed by atoms with van der Waals surface area (Å²) in [6.07, 6.45) is 7.27. The van der Waals surface area contributed by atoms with E-state index in [1.807, 2.05) is 44.2 Å². The molecule has 0 bridgehead atoms. The fourth-order valence-corrected chi connectivity index (χ4v) is 4.86. The number of nitrogens with one attached hydrogen (secondary N) is 1. The van der Waals surface area contributed by atoms with E-state index in [9.17, 15) is 18.4 Å². The Bertz CT molecular complexity index is 1260. The van der Waals surface area contributed by atoms with Crippen LogP contribution < -0.4 is 16.0 Å². The van der Waals surface area contributed by atoms with Gasteiger partial charge in [0.25, 0.3) is 6.02 Å². The van der Waals surface area contributed by atoms with Crippen LogP contribution in [0.15, 0.2) is 47.5 Å². The topological polar surface area (TPSA) is 97.0 Å². The molecule has 1 aliphatic carbocycles. The maximum Gasteiger partial charge on any atom is 0.287 e. The van der Waals surface area contributed by atoms with Gasteiger partial charge in [-0.15, -0.1) is 0 Å². The van der Waals surface area contributed by atoms with Gasteiger partial charge in [-0.2, -0.15) is 0 Å². The van der Waals surface area contributed by atoms with Crippen molar-refractivity contribution in [3.63, 3.8) is 0 Å². The number of imide groups is 1. The van der Waals surface area contributed by atoms with E-state index in [1.165, 1.54) is 31.4 Å². The first-order valence-corrected chi connectivity index (χ1v) is 14.0. The number of amidine groups is 1. The molecule has 2 aliphatic heterocycles. The van der Waals surface area contributed by atoms with E-state index in [-0.39, 0.29) is 30.5 Å². The van der Waals surface area contributed by atoms with E-state index in [1.54, 1.807) is 4.90 Å². The average Bonchev–Trinajstić information content (AvgIpc) is 2.86. The highest BCUT2D eigenvalue weighted by Crippen LogP contribution is 2.33. The minimum Gasteiger partial charge on any atom is -0.426 e. The Balaban J connectivity index is 0.000000666. The summed E-state index contributed by atoms with van der Waals surface area (Å²) in [6, 6.07) is 10.2. The molecule has 9 heteroatoms. The van der Waals surface area contributed by atoms with E-state index in [4.69, 9.17) is 10.5 Å². The summed E-state index contributed by atoms with van der Waals surface area (Å²) >= 11 is 0. The Hall–Kier alpha value is -3.75. The number of allylic oxidation sites excluding steroid dienone is 1. The Morgan fingerprint density at radius 3 is 2.27 bits per heavy atom. The molecule has 3 N–H and O–H groups in total. The molecule has 3 fully saturated rings. The van der Waals surface area contributed by atoms with Gasteiger partial charge < -0.3 is 15.4 Å². The molecule has 2 saturated heterocycles. The van der Waals surface area contributed by atoms with Crippen LogP contribution in [0.1, 0.15) is 75.0 Å². The summed E-state index contributed by atoms with van der Waals surface area (Å²) in [5, 5.41) is 2.14. The average molecular weight is 553 g/mol. The number of halogens is 2. The number of carbonyl (C=O) groups excluding carboxylic acids is 2. The lowest BCUT2D eigenvalue weighted by Gasteiger charge is -2.39. The predicted molar refractivity (Wildman–Crippen MR) is 153 cm³/mol. The molecule has 7 nitrogen and oxygen atoms in total. The van der Waals surface area contributed by atoms with Crippen molar-refractivity contribution in [1.82, 2.24) is 5.32 Å². The number of hydrogen-bond donors (Lipinski definition) is 2. The van der Waals surface area contributed by atoms with Crippen molar-refractivity contribution < 1.29 is 23.1 Å². The molecule has 2 aromatic rings. The maximum absolute atomic E-state index is 14.8. The fraction of sp³-hybridized carbons (Fsp3) is 0.452. The summed E-state index contributed by atoms with van der Waals surface area (Å²) < 4.78 is 35.4. The molecule has 214 valence electrons. The van der Waals surface area contributed by atoms with Gasteiger partial charge in [-0.05, 0) is 43.9 Å². The Morgan fingerprint density at radius 1 is 1.12 bits per heavy atom. The number of hydrogen-bond acceptors (Lipinski definition) is 5. The van der Waals surface area contributed by atoms with E-state index in [2.05, 4.69) is 17.2 Å². The van der Waals surface area contributed by atoms with Crippen molar-refractivity contribution in [3.05, 3.63) is 70.8 Å². The molecule has 1 atom stereocenters. The standard InChI is InChI=1S/C26H28F2N4O3.C5H10/c1-3-4-22(16-7-5-15(2)6-8-16)35-26(29)30-17-13-32(14-17)18-11-20(27)24(21(28)12-18)19-9-10-23(33)31-25(19)34;1-5-3-2-4-5/h4-8,11-12,17,19H,3,9-10,13-14H2,1-2H3,(H2,29,30)(H,31,33,34);5H,2-4H2,1H3/b22-4+;. The molecule has 5 rings (SSSR count). The van der Waals surface area contributed by atoms with Crippen LogP contribution in [0.4, 0.5) is 14.5 Å². The Labute approximate surface area is 234 Å². The smallest absolute Gasteiger partial charge is 0.287 e. The first kappa shape index (κ1) is 29.2. The number of aryl methyl sites for hydroxylation is 1. The first-order valence-electron chi connectivity index (χ1n) is 14.0. The van der Waals surface area contributed by atoms with Crippen molar-refractivity contribution in [2.45, 2.75) is 71.3 Å². The second-order valence-corrected chi connectivity index (χ2v) is 10.8. The zero-order valence-electron chi connectivity index (χ0n) is 23.4. The molecule has 0 aromatic heterocycles. The van der Waals surface area contributed by atoms with E-state index in [0.717, 1.165) is 23.5 Å². The Kier molecular flexibility index (Phi) is 9.55. The van der Waals surface area contributed by atoms with Gasteiger partial charge >= 0.3 is 0 Å². The number of ether oxygens (including phenoxy) is 1. The van der Waals surface area contributed by atoms with Crippen LogP contribution in [0, 0.1) is 24.5 Å². The zero-order chi connectivity index (χ0) is 28.8. The van der Waals surface area contributed by atoms with Gasteiger partial charge in [0.15, 0.2) is 0 Å². The molecule has 3 aliphatic rings. The largest absolute Gasteiger partial charge is 0.426 e. The van der Waals surface area contributed by atoms with E-state index < -0.39 is 29.4 Å². The number of carbonyl (C=O) groups is 2. The number of aliphatic imine (C=N–C) groups is 1. The quantitative estimate of drug-likeness (QED) is 0.211. The SMILES string of the molecule is CC/C=C(/OC(N)=NC1CN(c2cc(F)c(C3CCC(=O)NC3=O)c(F)c2)C1)c1ccc(C)cc1.CC1CCC1. The Morgan fingerprint density at radius 2 is 1.75 bits per heavy atom. The number of anilines is 1. The van der Waals surface area contributed by atoms with Gasteiger partial charge in [0.2, 0.25) is 11.8 Å². The fourth-order valence-electron chi connectivity index (χ4n) is 4.86. The van der Waals surface area contributed by atoms with Gasteiger partial charge in [-0.1, -0.05) is 62.9 Å². The number of benzene rings is 2. The number of nitrogens with two attached hydrogens (primary N) is 1. The van der Waals surface area contributed by atoms with Crippen molar-refractivity contribution in [1.29, 1.82) is 0 Å². The van der Waals surface area contributed by atoms with Crippen LogP contribution in [-0.2, 0) is 14.3 Å². The summed E-state index contributed by atoms with van der Waals surface area (Å²) in [4.78, 5) is 29.5. The third kappa shape index (κ3) is 7.25. The number of rotatable bonds is 6. The number of amides is 2. The van der Waals surface area contributed by atoms with Crippen molar-refractivity contribution >= 4 is 29.3 Å². The van der Waals surface area contributed by atoms with Crippen LogP contribution >= 0.6 is 0 Å². The summed E-state index contributed by atoms with van der Waals surface area (Å²) in [5.74, 6) is -2.06. The van der Waals surface area contributed by atoms with E-state index >= 15 is 0 Å². The first-order chi connectivity index (χ1) is 19.1. The number of nitrogens with zero attached hydrogens (tertiary/aromatic N) is 2. The molecular formula is C31H38F2N4O3. The van der Waals surface area contributed by atoms with Crippen LogP contribution in [0.2, 0.25) is 0 Å². The van der Waals surface area contributed by atoms with Crippen molar-refractivity contribution in [3.8, 4) is 0 Å². The lowest BCUT2D eigenvalue weighted by molar-refractivity contribution is -0.134. The lowest BCUT2D eigenvalue weighted by atomic mass is 9.88. The summed E-state index contributed by atoms with van der Waals surface area (Å²) in [7, 11) is 0. The minimum atomic E-state index is -1.02. The van der Waals surface area contributed by atoms with Gasteiger partial charge in [-0.25, -0.2) is 13.8 Å². The molecule has 0 radical (unpaired) electrons. The molecule has 2 aromatic carbocycles. The molecule has 40 heavy (non-hydrogen) atoms. The minimum absolute atomic E-state index is 0.0282. The molecule has 2 heterocycles. The van der Waals surface area contributed by atoms with Gasteiger partial charge in [0, 0.05) is 36.3 Å². The molecular weight excluding hydrogens is 514 g/mol. The maximum atomic E-state index is 14.8. The third-order valence-corrected chi connectivity index (χ3v) is 7.52. The normalized spacial score (nSPS) is 20.2. The lowest BCUT2D eigenvalue weighted by Crippen LogP contribution is -2.51. The highest BCUT2D eigenvalue weighted by atomic mass is 19.1. The van der Waals surface area contributed by atoms with Gasteiger partial charge in [0.05, 0.1) is 12.0 Å². The van der Waals surface area contributed by atoms with Gasteiger partial charge in [0.1, 0.15) is 17.4 Å². The second kappa shape index (κ2) is 13.1. The van der Waals surface area contributed by atoms with E-state index in [0.29, 0.717) is 24.5 Å². The highest BCUT2D eigenvalue weighted by molar-refractivity contribution is 6.01. The van der Waals surface area contributed by atoms with Crippen molar-refractivity contribution in [2.75, 3.05) is 18.0 Å². The molecule has 2 amide bonds. The summed E-state index contributed by atoms with van der Waals surface area (Å²) in [6.45, 7) is 7.14. The van der Waals surface area contributed by atoms with Crippen LogP contribution in [0.5, 0.6) is 0 Å².